The predicted octanol–water partition coefficient (Wildman–Crippen LogP) is 14.6. The van der Waals surface area contributed by atoms with Crippen LogP contribution in [-0.4, -0.2) is 49.3 Å². The van der Waals surface area contributed by atoms with Crippen molar-refractivity contribution in [1.29, 1.82) is 0 Å². The Kier molecular flexibility index (Phi) is 45.1. The minimum Gasteiger partial charge on any atom is -0.462 e. The van der Waals surface area contributed by atoms with Crippen molar-refractivity contribution < 1.29 is 37.6 Å². The lowest BCUT2D eigenvalue weighted by molar-refractivity contribution is -0.161. The number of hydrogen-bond donors (Lipinski definition) is 2. The number of allylic oxidation sites excluding steroid dienone is 16. The lowest BCUT2D eigenvalue weighted by atomic mass is 10.0. The van der Waals surface area contributed by atoms with Gasteiger partial charge in [-0.05, 0) is 77.0 Å². The number of unbranched alkanes of at least 4 members (excludes halogenated alkanes) is 15. The second kappa shape index (κ2) is 47.4. The highest BCUT2D eigenvalue weighted by Crippen LogP contribution is 2.43. The molecule has 10 heteroatoms. The Morgan fingerprint density at radius 3 is 1.32 bits per heavy atom. The van der Waals surface area contributed by atoms with Gasteiger partial charge in [0.15, 0.2) is 6.10 Å². The summed E-state index contributed by atoms with van der Waals surface area (Å²) >= 11 is 0. The average molecular weight is 886 g/mol. The monoisotopic (exact) mass is 886 g/mol. The molecular weight excluding hydrogens is 798 g/mol. The molecule has 62 heavy (non-hydrogen) atoms. The Morgan fingerprint density at radius 1 is 0.500 bits per heavy atom. The van der Waals surface area contributed by atoms with Gasteiger partial charge in [0.2, 0.25) is 0 Å². The van der Waals surface area contributed by atoms with Crippen LogP contribution < -0.4 is 5.73 Å². The summed E-state index contributed by atoms with van der Waals surface area (Å²) in [6, 6.07) is 0. The van der Waals surface area contributed by atoms with Crippen LogP contribution in [0.25, 0.3) is 0 Å². The quantitative estimate of drug-likeness (QED) is 0.0265. The number of hydrogen-bond acceptors (Lipinski definition) is 8. The summed E-state index contributed by atoms with van der Waals surface area (Å²) in [6.07, 6.45) is 62.1. The van der Waals surface area contributed by atoms with Crippen LogP contribution in [0.3, 0.4) is 0 Å². The van der Waals surface area contributed by atoms with Gasteiger partial charge in [0.1, 0.15) is 6.61 Å². The van der Waals surface area contributed by atoms with Gasteiger partial charge in [-0.1, -0.05) is 195 Å². The molecule has 0 saturated carbocycles. The molecule has 0 aliphatic carbocycles. The van der Waals surface area contributed by atoms with E-state index in [0.29, 0.717) is 6.42 Å². The molecule has 0 aromatic heterocycles. The fourth-order valence-electron chi connectivity index (χ4n) is 6.18. The van der Waals surface area contributed by atoms with Crippen LogP contribution in [0.5, 0.6) is 0 Å². The van der Waals surface area contributed by atoms with Gasteiger partial charge in [-0.3, -0.25) is 18.6 Å². The van der Waals surface area contributed by atoms with E-state index in [2.05, 4.69) is 111 Å². The summed E-state index contributed by atoms with van der Waals surface area (Å²) in [5.74, 6) is -0.849. The van der Waals surface area contributed by atoms with Crippen LogP contribution in [0.4, 0.5) is 0 Å². The molecule has 0 aliphatic heterocycles. The highest BCUT2D eigenvalue weighted by Gasteiger charge is 2.26. The first kappa shape index (κ1) is 58.9. The number of phosphoric acid groups is 1. The number of carbonyl (C=O) groups excluding carboxylic acids is 2. The van der Waals surface area contributed by atoms with Crippen LogP contribution in [-0.2, 0) is 32.7 Å². The molecule has 0 aromatic carbocycles. The first-order valence-corrected chi connectivity index (χ1v) is 25.7. The second-order valence-electron chi connectivity index (χ2n) is 15.6. The molecule has 0 amide bonds. The molecule has 0 radical (unpaired) electrons. The molecule has 0 bridgehead atoms. The molecular formula is C52H88NO8P. The summed E-state index contributed by atoms with van der Waals surface area (Å²) in [5, 5.41) is 0. The van der Waals surface area contributed by atoms with E-state index in [4.69, 9.17) is 24.3 Å². The summed E-state index contributed by atoms with van der Waals surface area (Å²) in [4.78, 5) is 34.6. The number of esters is 2. The van der Waals surface area contributed by atoms with Gasteiger partial charge in [-0.25, -0.2) is 4.57 Å². The molecule has 0 saturated heterocycles. The molecule has 0 fully saturated rings. The maximum Gasteiger partial charge on any atom is 0.472 e. The molecule has 0 spiro atoms. The van der Waals surface area contributed by atoms with E-state index in [1.807, 2.05) is 0 Å². The van der Waals surface area contributed by atoms with Crippen LogP contribution >= 0.6 is 7.82 Å². The molecule has 0 heterocycles. The molecule has 3 N–H and O–H groups in total. The Hall–Kier alpha value is -3.07. The van der Waals surface area contributed by atoms with Gasteiger partial charge in [-0.2, -0.15) is 0 Å². The third-order valence-electron chi connectivity index (χ3n) is 9.73. The van der Waals surface area contributed by atoms with Gasteiger partial charge >= 0.3 is 19.8 Å². The van der Waals surface area contributed by atoms with Crippen molar-refractivity contribution in [2.75, 3.05) is 26.4 Å². The van der Waals surface area contributed by atoms with E-state index in [-0.39, 0.29) is 32.6 Å². The van der Waals surface area contributed by atoms with E-state index in [1.54, 1.807) is 0 Å². The lowest BCUT2D eigenvalue weighted by Gasteiger charge is -2.19. The van der Waals surface area contributed by atoms with Gasteiger partial charge in [0, 0.05) is 19.4 Å². The van der Waals surface area contributed by atoms with Crippen LogP contribution in [0.2, 0.25) is 0 Å². The molecule has 354 valence electrons. The summed E-state index contributed by atoms with van der Waals surface area (Å²) < 4.78 is 32.6. The van der Waals surface area contributed by atoms with E-state index < -0.39 is 32.5 Å². The van der Waals surface area contributed by atoms with Crippen molar-refractivity contribution in [3.63, 3.8) is 0 Å². The first-order valence-electron chi connectivity index (χ1n) is 24.2. The SMILES string of the molecule is CC/C=C\C/C=C\C/C=C\C/C=C\C/C=C\C/C=C\C/C=C\C/C=C\CCCCCCCCCCCCC(=O)OC(COC(=O)CCCCCCCC)COP(=O)(O)OCCN. The maximum atomic E-state index is 12.6. The number of ether oxygens (including phenoxy) is 2. The van der Waals surface area contributed by atoms with Crippen molar-refractivity contribution in [3.8, 4) is 0 Å². The zero-order chi connectivity index (χ0) is 45.3. The minimum atomic E-state index is -4.37. The van der Waals surface area contributed by atoms with Crippen molar-refractivity contribution >= 4 is 19.8 Å². The molecule has 0 aliphatic rings. The van der Waals surface area contributed by atoms with E-state index in [1.165, 1.54) is 44.9 Å². The van der Waals surface area contributed by atoms with Crippen molar-refractivity contribution in [3.05, 3.63) is 97.2 Å². The number of rotatable bonds is 44. The molecule has 2 unspecified atom stereocenters. The van der Waals surface area contributed by atoms with Gasteiger partial charge in [0.05, 0.1) is 13.2 Å². The topological polar surface area (TPSA) is 134 Å². The summed E-state index contributed by atoms with van der Waals surface area (Å²) in [5.41, 5.74) is 5.33. The second-order valence-corrected chi connectivity index (χ2v) is 17.1. The van der Waals surface area contributed by atoms with Gasteiger partial charge in [0.25, 0.3) is 0 Å². The normalized spacial score (nSPS) is 14.1. The van der Waals surface area contributed by atoms with Crippen LogP contribution in [0.15, 0.2) is 97.2 Å². The standard InChI is InChI=1S/C52H88NO8P/c1-3-5-7-9-11-12-13-14-15-16-17-18-19-20-21-22-23-24-25-26-27-28-29-30-31-32-33-34-35-36-37-38-39-41-43-45-52(55)61-50(49-60-62(56,57)59-47-46-53)48-58-51(54)44-42-40-10-8-6-4-2/h5,7,11-12,14-15,17-18,20-21,23-24,26-27,29-30,50H,3-4,6,8-10,13,16,19,22,25,28,31-49,53H2,1-2H3,(H,56,57)/b7-5-,12-11-,15-14-,18-17-,21-20-,24-23-,27-26-,30-29-. The highest BCUT2D eigenvalue weighted by atomic mass is 31.2. The first-order chi connectivity index (χ1) is 30.3. The number of carbonyl (C=O) groups is 2. The highest BCUT2D eigenvalue weighted by molar-refractivity contribution is 7.47. The summed E-state index contributed by atoms with van der Waals surface area (Å²) in [7, 11) is -4.37. The van der Waals surface area contributed by atoms with Crippen molar-refractivity contribution in [2.45, 2.75) is 193 Å². The maximum absolute atomic E-state index is 12.6. The van der Waals surface area contributed by atoms with Crippen molar-refractivity contribution in [1.82, 2.24) is 0 Å². The smallest absolute Gasteiger partial charge is 0.462 e. The van der Waals surface area contributed by atoms with E-state index in [0.717, 1.165) is 109 Å². The molecule has 2 atom stereocenters. The predicted molar refractivity (Wildman–Crippen MR) is 261 cm³/mol. The largest absolute Gasteiger partial charge is 0.472 e. The number of phosphoric ester groups is 1. The zero-order valence-electron chi connectivity index (χ0n) is 39.1. The molecule has 0 aromatic rings. The fraction of sp³-hybridized carbons (Fsp3) is 0.654. The number of nitrogens with two attached hydrogens (primary N) is 1. The van der Waals surface area contributed by atoms with Gasteiger partial charge in [-0.15, -0.1) is 0 Å². The third kappa shape index (κ3) is 46.4. The van der Waals surface area contributed by atoms with E-state index in [9.17, 15) is 19.0 Å². The average Bonchev–Trinajstić information content (AvgIpc) is 3.26. The minimum absolute atomic E-state index is 0.0492. The van der Waals surface area contributed by atoms with Gasteiger partial charge < -0.3 is 20.1 Å². The zero-order valence-corrected chi connectivity index (χ0v) is 40.0. The van der Waals surface area contributed by atoms with E-state index >= 15 is 0 Å². The summed E-state index contributed by atoms with van der Waals surface area (Å²) in [6.45, 7) is 3.52. The van der Waals surface area contributed by atoms with Crippen molar-refractivity contribution in [2.24, 2.45) is 5.73 Å². The Morgan fingerprint density at radius 2 is 0.887 bits per heavy atom. The Balaban J connectivity index is 3.90. The fourth-order valence-corrected chi connectivity index (χ4v) is 6.94. The van der Waals surface area contributed by atoms with Crippen LogP contribution in [0, 0.1) is 0 Å². The molecule has 0 rings (SSSR count). The van der Waals surface area contributed by atoms with Crippen LogP contribution in [0.1, 0.15) is 187 Å². The molecule has 9 nitrogen and oxygen atoms in total. The lowest BCUT2D eigenvalue weighted by Crippen LogP contribution is -2.29. The third-order valence-corrected chi connectivity index (χ3v) is 10.7. The Bertz CT molecular complexity index is 1330. The Labute approximate surface area is 378 Å².